The van der Waals surface area contributed by atoms with Gasteiger partial charge in [0.05, 0.1) is 6.04 Å². The van der Waals surface area contributed by atoms with Gasteiger partial charge in [0.2, 0.25) is 0 Å². The molecule has 1 unspecified atom stereocenters. The summed E-state index contributed by atoms with van der Waals surface area (Å²) < 4.78 is 0. The number of hydrazine groups is 1. The molecule has 0 saturated heterocycles. The van der Waals surface area contributed by atoms with E-state index in [-0.39, 0.29) is 6.04 Å². The summed E-state index contributed by atoms with van der Waals surface area (Å²) in [4.78, 5) is 0. The molecule has 3 N–H and O–H groups in total. The van der Waals surface area contributed by atoms with Crippen LogP contribution >= 0.6 is 0 Å². The van der Waals surface area contributed by atoms with Gasteiger partial charge in [-0.05, 0) is 48.9 Å². The highest BCUT2D eigenvalue weighted by atomic mass is 15.2. The van der Waals surface area contributed by atoms with Gasteiger partial charge in [-0.15, -0.1) is 0 Å². The molecule has 0 amide bonds. The van der Waals surface area contributed by atoms with Crippen molar-refractivity contribution >= 4 is 0 Å². The number of nitrogens with two attached hydrogens (primary N) is 1. The Hall–Kier alpha value is -1.64. The molecule has 0 bridgehead atoms. The molecule has 2 nitrogen and oxygen atoms in total. The molecule has 20 heavy (non-hydrogen) atoms. The zero-order chi connectivity index (χ0) is 14.5. The normalized spacial score (nSPS) is 12.4. The maximum atomic E-state index is 5.81. The largest absolute Gasteiger partial charge is 0.271 e. The van der Waals surface area contributed by atoms with Crippen LogP contribution in [0.25, 0.3) is 0 Å². The lowest BCUT2D eigenvalue weighted by molar-refractivity contribution is 0.546. The third-order valence-electron chi connectivity index (χ3n) is 3.94. The van der Waals surface area contributed by atoms with E-state index < -0.39 is 0 Å². The average Bonchev–Trinajstić information content (AvgIpc) is 2.48. The van der Waals surface area contributed by atoms with E-state index in [9.17, 15) is 0 Å². The van der Waals surface area contributed by atoms with Crippen LogP contribution in [-0.2, 0) is 12.8 Å². The molecule has 2 aromatic rings. The maximum Gasteiger partial charge on any atom is 0.0503 e. The zero-order valence-electron chi connectivity index (χ0n) is 12.6. The van der Waals surface area contributed by atoms with Gasteiger partial charge in [-0.1, -0.05) is 55.0 Å². The van der Waals surface area contributed by atoms with Crippen LogP contribution < -0.4 is 11.3 Å². The molecule has 0 saturated carbocycles. The van der Waals surface area contributed by atoms with E-state index in [0.717, 1.165) is 12.8 Å². The van der Waals surface area contributed by atoms with Crippen molar-refractivity contribution < 1.29 is 0 Å². The Balaban J connectivity index is 2.31. The van der Waals surface area contributed by atoms with Crippen molar-refractivity contribution in [1.82, 2.24) is 5.43 Å². The van der Waals surface area contributed by atoms with Crippen LogP contribution in [0.4, 0.5) is 0 Å². The molecule has 0 heterocycles. The van der Waals surface area contributed by atoms with Crippen molar-refractivity contribution in [3.05, 3.63) is 70.3 Å². The average molecular weight is 268 g/mol. The molecule has 0 aromatic heterocycles. The van der Waals surface area contributed by atoms with Crippen LogP contribution in [0.5, 0.6) is 0 Å². The number of nitrogens with one attached hydrogen (secondary N) is 1. The Morgan fingerprint density at radius 2 is 1.80 bits per heavy atom. The first-order chi connectivity index (χ1) is 9.65. The number of aryl methyl sites for hydroxylation is 3. The minimum absolute atomic E-state index is 0.159. The highest BCUT2D eigenvalue weighted by molar-refractivity contribution is 5.35. The molecule has 2 rings (SSSR count). The van der Waals surface area contributed by atoms with Crippen LogP contribution in [0.1, 0.15) is 40.8 Å². The van der Waals surface area contributed by atoms with E-state index in [4.69, 9.17) is 5.84 Å². The summed E-state index contributed by atoms with van der Waals surface area (Å²) in [5.74, 6) is 5.81. The quantitative estimate of drug-likeness (QED) is 0.642. The molecule has 0 radical (unpaired) electrons. The SMILES string of the molecule is CCc1ccccc1C(Cc1cc(C)ccc1C)NN. The molecule has 0 aliphatic carbocycles. The minimum Gasteiger partial charge on any atom is -0.271 e. The number of hydrogen-bond donors (Lipinski definition) is 2. The van der Waals surface area contributed by atoms with Gasteiger partial charge in [-0.3, -0.25) is 11.3 Å². The summed E-state index contributed by atoms with van der Waals surface area (Å²) >= 11 is 0. The number of hydrogen-bond acceptors (Lipinski definition) is 2. The smallest absolute Gasteiger partial charge is 0.0503 e. The fourth-order valence-corrected chi connectivity index (χ4v) is 2.69. The Morgan fingerprint density at radius 3 is 2.50 bits per heavy atom. The van der Waals surface area contributed by atoms with Crippen LogP contribution in [0, 0.1) is 13.8 Å². The monoisotopic (exact) mass is 268 g/mol. The molecular weight excluding hydrogens is 244 g/mol. The van der Waals surface area contributed by atoms with Crippen molar-refractivity contribution in [1.29, 1.82) is 0 Å². The Kier molecular flexibility index (Phi) is 4.94. The Bertz CT molecular complexity index is 575. The Labute approximate surface area is 122 Å². The Morgan fingerprint density at radius 1 is 1.05 bits per heavy atom. The van der Waals surface area contributed by atoms with Crippen LogP contribution in [0.3, 0.4) is 0 Å². The fourth-order valence-electron chi connectivity index (χ4n) is 2.69. The number of benzene rings is 2. The lowest BCUT2D eigenvalue weighted by Crippen LogP contribution is -2.30. The van der Waals surface area contributed by atoms with E-state index in [1.165, 1.54) is 27.8 Å². The van der Waals surface area contributed by atoms with Crippen LogP contribution in [-0.4, -0.2) is 0 Å². The molecular formula is C18H24N2. The van der Waals surface area contributed by atoms with Crippen molar-refractivity contribution in [3.63, 3.8) is 0 Å². The van der Waals surface area contributed by atoms with Crippen molar-refractivity contribution in [2.45, 2.75) is 39.7 Å². The third kappa shape index (κ3) is 3.27. The minimum atomic E-state index is 0.159. The standard InChI is InChI=1S/C18H24N2/c1-4-15-7-5-6-8-17(15)18(20-19)12-16-11-13(2)9-10-14(16)3/h5-11,18,20H,4,12,19H2,1-3H3. The second-order valence-corrected chi connectivity index (χ2v) is 5.41. The van der Waals surface area contributed by atoms with Crippen molar-refractivity contribution in [2.75, 3.05) is 0 Å². The number of rotatable bonds is 5. The predicted molar refractivity (Wildman–Crippen MR) is 85.5 cm³/mol. The second kappa shape index (κ2) is 6.69. The summed E-state index contributed by atoms with van der Waals surface area (Å²) in [5, 5.41) is 0. The molecule has 1 atom stereocenters. The molecule has 0 aliphatic rings. The first kappa shape index (κ1) is 14.8. The van der Waals surface area contributed by atoms with Crippen molar-refractivity contribution in [2.24, 2.45) is 5.84 Å². The van der Waals surface area contributed by atoms with Crippen LogP contribution in [0.15, 0.2) is 42.5 Å². The summed E-state index contributed by atoms with van der Waals surface area (Å²) in [6.07, 6.45) is 1.95. The van der Waals surface area contributed by atoms with E-state index in [2.05, 4.69) is 68.7 Å². The van der Waals surface area contributed by atoms with Gasteiger partial charge in [-0.2, -0.15) is 0 Å². The fraction of sp³-hybridized carbons (Fsp3) is 0.333. The first-order valence-electron chi connectivity index (χ1n) is 7.25. The molecule has 106 valence electrons. The van der Waals surface area contributed by atoms with Gasteiger partial charge >= 0.3 is 0 Å². The zero-order valence-corrected chi connectivity index (χ0v) is 12.6. The van der Waals surface area contributed by atoms with Gasteiger partial charge in [0.15, 0.2) is 0 Å². The molecule has 0 fully saturated rings. The topological polar surface area (TPSA) is 38.0 Å². The van der Waals surface area contributed by atoms with E-state index in [1.807, 2.05) is 0 Å². The van der Waals surface area contributed by atoms with Gasteiger partial charge in [0, 0.05) is 0 Å². The maximum absolute atomic E-state index is 5.81. The summed E-state index contributed by atoms with van der Waals surface area (Å²) in [6, 6.07) is 15.3. The van der Waals surface area contributed by atoms with Crippen molar-refractivity contribution in [3.8, 4) is 0 Å². The summed E-state index contributed by atoms with van der Waals surface area (Å²) in [6.45, 7) is 6.48. The molecule has 2 heteroatoms. The molecule has 2 aromatic carbocycles. The lowest BCUT2D eigenvalue weighted by Gasteiger charge is -2.20. The van der Waals surface area contributed by atoms with E-state index >= 15 is 0 Å². The summed E-state index contributed by atoms with van der Waals surface area (Å²) in [5.41, 5.74) is 9.63. The highest BCUT2D eigenvalue weighted by Crippen LogP contribution is 2.24. The van der Waals surface area contributed by atoms with Gasteiger partial charge in [-0.25, -0.2) is 0 Å². The van der Waals surface area contributed by atoms with E-state index in [1.54, 1.807) is 0 Å². The first-order valence-corrected chi connectivity index (χ1v) is 7.25. The predicted octanol–water partition coefficient (Wildman–Crippen LogP) is 3.61. The molecule has 0 spiro atoms. The second-order valence-electron chi connectivity index (χ2n) is 5.41. The van der Waals surface area contributed by atoms with E-state index in [0.29, 0.717) is 0 Å². The van der Waals surface area contributed by atoms with Gasteiger partial charge < -0.3 is 0 Å². The lowest BCUT2D eigenvalue weighted by atomic mass is 9.92. The molecule has 0 aliphatic heterocycles. The van der Waals surface area contributed by atoms with Gasteiger partial charge in [0.25, 0.3) is 0 Å². The summed E-state index contributed by atoms with van der Waals surface area (Å²) in [7, 11) is 0. The third-order valence-corrected chi connectivity index (χ3v) is 3.94. The van der Waals surface area contributed by atoms with Crippen LogP contribution in [0.2, 0.25) is 0 Å². The van der Waals surface area contributed by atoms with Gasteiger partial charge in [0.1, 0.15) is 0 Å². The highest BCUT2D eigenvalue weighted by Gasteiger charge is 2.14.